The number of nitrogens with one attached hydrogen (secondary N) is 1. The summed E-state index contributed by atoms with van der Waals surface area (Å²) in [5.74, 6) is -2.76. The van der Waals surface area contributed by atoms with E-state index >= 15 is 0 Å². The van der Waals surface area contributed by atoms with Gasteiger partial charge < -0.3 is 20.1 Å². The first-order valence-electron chi connectivity index (χ1n) is 11.8. The molecule has 10 nitrogen and oxygen atoms in total. The molecule has 206 valence electrons. The Morgan fingerprint density at radius 1 is 1.11 bits per heavy atom. The molecule has 4 heterocycles. The summed E-state index contributed by atoms with van der Waals surface area (Å²) in [7, 11) is -3.50. The SMILES string of the molecule is O=C(NCCc1ccccc1)N1C[C@H]2C[C@H]3[C@](C1)(CN(Cc1ccncc1)S3(=O)=O)O2.O=C(O)C(F)(F)F. The van der Waals surface area contributed by atoms with Gasteiger partial charge in [0, 0.05) is 38.6 Å². The predicted octanol–water partition coefficient (Wildman–Crippen LogP) is 2.02. The highest BCUT2D eigenvalue weighted by Crippen LogP contribution is 2.46. The molecule has 1 aromatic heterocycles. The zero-order chi connectivity index (χ0) is 27.6. The predicted molar refractivity (Wildman–Crippen MR) is 128 cm³/mol. The zero-order valence-corrected chi connectivity index (χ0v) is 21.0. The minimum absolute atomic E-state index is 0.158. The molecule has 2 aromatic rings. The number of fused-ring (bicyclic) bond motifs is 1. The lowest BCUT2D eigenvalue weighted by Gasteiger charge is -2.39. The largest absolute Gasteiger partial charge is 0.490 e. The first-order valence-corrected chi connectivity index (χ1v) is 13.3. The van der Waals surface area contributed by atoms with Crippen molar-refractivity contribution in [2.75, 3.05) is 26.2 Å². The van der Waals surface area contributed by atoms with Crippen LogP contribution in [0.3, 0.4) is 0 Å². The number of nitrogens with zero attached hydrogens (tertiary/aromatic N) is 3. The lowest BCUT2D eigenvalue weighted by molar-refractivity contribution is -0.192. The number of hydrogen-bond donors (Lipinski definition) is 2. The molecule has 1 spiro atoms. The first kappa shape index (κ1) is 27.8. The number of sulfonamides is 1. The second-order valence-corrected chi connectivity index (χ2v) is 11.5. The van der Waals surface area contributed by atoms with Gasteiger partial charge in [0.1, 0.15) is 10.9 Å². The highest BCUT2D eigenvalue weighted by Gasteiger charge is 2.65. The molecule has 3 aliphatic rings. The van der Waals surface area contributed by atoms with Crippen molar-refractivity contribution in [3.8, 4) is 0 Å². The number of amides is 2. The zero-order valence-electron chi connectivity index (χ0n) is 20.2. The van der Waals surface area contributed by atoms with Crippen molar-refractivity contribution in [2.45, 2.75) is 42.5 Å². The maximum atomic E-state index is 13.2. The number of benzene rings is 1. The molecule has 3 fully saturated rings. The highest BCUT2D eigenvalue weighted by atomic mass is 32.2. The Morgan fingerprint density at radius 3 is 2.39 bits per heavy atom. The topological polar surface area (TPSA) is 129 Å². The molecule has 5 rings (SSSR count). The molecule has 1 aromatic carbocycles. The van der Waals surface area contributed by atoms with E-state index in [0.717, 1.165) is 17.5 Å². The number of pyridine rings is 1. The van der Waals surface area contributed by atoms with Gasteiger partial charge in [-0.2, -0.15) is 17.5 Å². The normalized spacial score (nSPS) is 25.7. The number of aromatic nitrogens is 1. The monoisotopic (exact) mass is 556 g/mol. The van der Waals surface area contributed by atoms with Gasteiger partial charge in [-0.1, -0.05) is 30.3 Å². The number of urea groups is 1. The molecule has 0 radical (unpaired) electrons. The van der Waals surface area contributed by atoms with Crippen molar-refractivity contribution >= 4 is 22.0 Å². The number of halogens is 3. The fraction of sp³-hybridized carbons (Fsp3) is 0.458. The van der Waals surface area contributed by atoms with Crippen LogP contribution < -0.4 is 5.32 Å². The minimum atomic E-state index is -5.08. The number of aliphatic carboxylic acids is 1. The molecule has 14 heteroatoms. The van der Waals surface area contributed by atoms with Crippen molar-refractivity contribution in [3.05, 3.63) is 66.0 Å². The Hall–Kier alpha value is -3.23. The number of carbonyl (C=O) groups excluding carboxylic acids is 1. The van der Waals surface area contributed by atoms with Crippen LogP contribution in [0.15, 0.2) is 54.9 Å². The van der Waals surface area contributed by atoms with Crippen molar-refractivity contribution in [3.63, 3.8) is 0 Å². The van der Waals surface area contributed by atoms with Crippen LogP contribution in [0.4, 0.5) is 18.0 Å². The van der Waals surface area contributed by atoms with E-state index in [-0.39, 0.29) is 25.2 Å². The van der Waals surface area contributed by atoms with Crippen LogP contribution in [0.1, 0.15) is 17.5 Å². The Balaban J connectivity index is 0.000000426. The first-order chi connectivity index (χ1) is 17.9. The van der Waals surface area contributed by atoms with E-state index in [4.69, 9.17) is 14.6 Å². The van der Waals surface area contributed by atoms with Gasteiger partial charge in [0.25, 0.3) is 0 Å². The second-order valence-electron chi connectivity index (χ2n) is 9.35. The highest BCUT2D eigenvalue weighted by molar-refractivity contribution is 7.90. The van der Waals surface area contributed by atoms with Crippen molar-refractivity contribution in [2.24, 2.45) is 0 Å². The van der Waals surface area contributed by atoms with Gasteiger partial charge in [-0.3, -0.25) is 4.98 Å². The smallest absolute Gasteiger partial charge is 0.475 e. The van der Waals surface area contributed by atoms with Crippen molar-refractivity contribution < 1.29 is 41.0 Å². The third-order valence-corrected chi connectivity index (χ3v) is 9.00. The maximum Gasteiger partial charge on any atom is 0.490 e. The number of ether oxygens (including phenoxy) is 1. The molecule has 0 aliphatic carbocycles. The van der Waals surface area contributed by atoms with Gasteiger partial charge in [-0.15, -0.1) is 0 Å². The second kappa shape index (κ2) is 10.9. The Bertz CT molecular complexity index is 1250. The summed E-state index contributed by atoms with van der Waals surface area (Å²) in [6, 6.07) is 13.5. The van der Waals surface area contributed by atoms with E-state index in [0.29, 0.717) is 26.1 Å². The molecule has 0 saturated carbocycles. The fourth-order valence-corrected chi connectivity index (χ4v) is 7.30. The third kappa shape index (κ3) is 6.08. The van der Waals surface area contributed by atoms with Gasteiger partial charge in [0.05, 0.1) is 12.6 Å². The van der Waals surface area contributed by atoms with Crippen LogP contribution >= 0.6 is 0 Å². The summed E-state index contributed by atoms with van der Waals surface area (Å²) in [5, 5.41) is 9.50. The molecule has 3 saturated heterocycles. The van der Waals surface area contributed by atoms with Crippen LogP contribution in [-0.4, -0.2) is 89.0 Å². The standard InChI is InChI=1S/C22H26N4O4S.C2HF3O2/c27-21(24-11-8-17-4-2-1-3-5-17)25-14-19-12-20-22(15-25,30-19)16-26(31(20,28)29)13-18-6-9-23-10-7-18;3-2(4,5)1(6)7/h1-7,9-10,19-20H,8,11-16H2,(H,24,27);(H,6,7)/t19-,20+,22+;/m1./s1. The Kier molecular flexibility index (Phi) is 7.95. The number of morpholine rings is 1. The fourth-order valence-electron chi connectivity index (χ4n) is 5.01. The van der Waals surface area contributed by atoms with Gasteiger partial charge in [-0.05, 0) is 36.1 Å². The van der Waals surface area contributed by atoms with Crippen molar-refractivity contribution in [1.29, 1.82) is 0 Å². The lowest BCUT2D eigenvalue weighted by atomic mass is 9.99. The summed E-state index contributed by atoms with van der Waals surface area (Å²) in [4.78, 5) is 27.4. The number of carboxylic acids is 1. The number of hydrogen-bond acceptors (Lipinski definition) is 6. The van der Waals surface area contributed by atoms with E-state index in [1.54, 1.807) is 17.3 Å². The van der Waals surface area contributed by atoms with Crippen molar-refractivity contribution in [1.82, 2.24) is 19.5 Å². The number of likely N-dealkylation sites (tertiary alicyclic amines) is 1. The van der Waals surface area contributed by atoms with Gasteiger partial charge in [0.2, 0.25) is 10.0 Å². The van der Waals surface area contributed by atoms with Gasteiger partial charge >= 0.3 is 18.2 Å². The number of rotatable bonds is 5. The quantitative estimate of drug-likeness (QED) is 0.577. The summed E-state index contributed by atoms with van der Waals surface area (Å²) < 4.78 is 65.9. The average molecular weight is 557 g/mol. The molecular weight excluding hydrogens is 529 g/mol. The van der Waals surface area contributed by atoms with E-state index in [2.05, 4.69) is 10.3 Å². The summed E-state index contributed by atoms with van der Waals surface area (Å²) in [6.45, 7) is 1.81. The molecule has 0 unspecified atom stereocenters. The average Bonchev–Trinajstić information content (AvgIpc) is 3.24. The lowest BCUT2D eigenvalue weighted by Crippen LogP contribution is -2.58. The van der Waals surface area contributed by atoms with Crippen LogP contribution in [0, 0.1) is 0 Å². The number of carbonyl (C=O) groups is 2. The maximum absolute atomic E-state index is 13.2. The van der Waals surface area contributed by atoms with E-state index in [1.165, 1.54) is 4.31 Å². The van der Waals surface area contributed by atoms with Crippen LogP contribution in [0.5, 0.6) is 0 Å². The molecule has 3 aliphatic heterocycles. The molecule has 2 bridgehead atoms. The number of carboxylic acid groups (broad SMARTS) is 1. The van der Waals surface area contributed by atoms with Crippen LogP contribution in [0.25, 0.3) is 0 Å². The van der Waals surface area contributed by atoms with E-state index in [9.17, 15) is 26.4 Å². The molecule has 38 heavy (non-hydrogen) atoms. The third-order valence-electron chi connectivity index (χ3n) is 6.68. The molecule has 2 N–H and O–H groups in total. The summed E-state index contributed by atoms with van der Waals surface area (Å²) >= 11 is 0. The minimum Gasteiger partial charge on any atom is -0.475 e. The van der Waals surface area contributed by atoms with Crippen LogP contribution in [0.2, 0.25) is 0 Å². The molecule has 2 amide bonds. The van der Waals surface area contributed by atoms with Gasteiger partial charge in [0.15, 0.2) is 0 Å². The molecule has 3 atom stereocenters. The number of alkyl halides is 3. The Labute approximate surface area is 217 Å². The van der Waals surface area contributed by atoms with E-state index in [1.807, 2.05) is 42.5 Å². The molecular formula is C24H27F3N4O6S. The summed E-state index contributed by atoms with van der Waals surface area (Å²) in [5.41, 5.74) is 1.20. The Morgan fingerprint density at radius 2 is 1.76 bits per heavy atom. The summed E-state index contributed by atoms with van der Waals surface area (Å²) in [6.07, 6.45) is -0.820. The van der Waals surface area contributed by atoms with E-state index < -0.39 is 33.0 Å². The van der Waals surface area contributed by atoms with Crippen LogP contribution in [-0.2, 0) is 32.5 Å². The van der Waals surface area contributed by atoms with Gasteiger partial charge in [-0.25, -0.2) is 18.0 Å².